The molecule has 35 heavy (non-hydrogen) atoms. The first kappa shape index (κ1) is 26.9. The van der Waals surface area contributed by atoms with Gasteiger partial charge in [-0.3, -0.25) is 4.79 Å². The molecule has 190 valence electrons. The molecule has 2 N–H and O–H groups in total. The van der Waals surface area contributed by atoms with E-state index in [1.807, 2.05) is 13.8 Å². The van der Waals surface area contributed by atoms with Gasteiger partial charge in [-0.1, -0.05) is 38.1 Å². The molecule has 1 aromatic carbocycles. The summed E-state index contributed by atoms with van der Waals surface area (Å²) >= 11 is 0. The highest BCUT2D eigenvalue weighted by Gasteiger charge is 2.31. The fraction of sp³-hybridized carbons (Fsp3) is 0.440. The number of fused-ring (bicyclic) bond motifs is 1. The molecule has 1 aliphatic heterocycles. The number of rotatable bonds is 9. The summed E-state index contributed by atoms with van der Waals surface area (Å²) in [5.41, 5.74) is 3.01. The number of ketones is 1. The van der Waals surface area contributed by atoms with Crippen LogP contribution in [-0.2, 0) is 26.2 Å². The Morgan fingerprint density at radius 1 is 1.26 bits per heavy atom. The van der Waals surface area contributed by atoms with Crippen LogP contribution in [-0.4, -0.2) is 54.6 Å². The average Bonchev–Trinajstić information content (AvgIpc) is 2.75. The lowest BCUT2D eigenvalue weighted by molar-refractivity contribution is -0.119. The molecule has 0 bridgehead atoms. The number of pyridine rings is 1. The number of carbonyl (C=O) groups excluding carboxylic acids is 1. The maximum absolute atomic E-state index is 13.7. The Labute approximate surface area is 205 Å². The molecule has 0 saturated carbocycles. The van der Waals surface area contributed by atoms with Crippen molar-refractivity contribution >= 4 is 27.7 Å². The second kappa shape index (κ2) is 10.9. The van der Waals surface area contributed by atoms with Gasteiger partial charge in [0.15, 0.2) is 5.82 Å². The third kappa shape index (κ3) is 6.52. The Kier molecular flexibility index (Phi) is 8.42. The van der Waals surface area contributed by atoms with Crippen LogP contribution in [0.15, 0.2) is 30.3 Å². The van der Waals surface area contributed by atoms with E-state index >= 15 is 0 Å². The lowest BCUT2D eigenvalue weighted by atomic mass is 9.89. The molecule has 8 nitrogen and oxygen atoms in total. The largest absolute Gasteiger partial charge is 0.393 e. The molecule has 3 rings (SSSR count). The minimum atomic E-state index is -3.68. The van der Waals surface area contributed by atoms with E-state index in [0.717, 1.165) is 10.6 Å². The lowest BCUT2D eigenvalue weighted by Gasteiger charge is -2.31. The number of sulfonamides is 1. The highest BCUT2D eigenvalue weighted by molar-refractivity contribution is 7.92. The number of halogens is 1. The molecule has 1 aromatic heterocycles. The highest BCUT2D eigenvalue weighted by Crippen LogP contribution is 2.41. The van der Waals surface area contributed by atoms with Gasteiger partial charge < -0.3 is 14.9 Å². The smallest absolute Gasteiger partial charge is 0.235 e. The number of hydrogen-bond acceptors (Lipinski definition) is 7. The van der Waals surface area contributed by atoms with Crippen molar-refractivity contribution in [3.8, 4) is 11.1 Å². The number of Topliss-reactive ketones (excluding diaryl/α,β-unsaturated/α-hetero) is 1. The van der Waals surface area contributed by atoms with Crippen molar-refractivity contribution in [2.75, 3.05) is 17.3 Å². The van der Waals surface area contributed by atoms with E-state index in [1.165, 1.54) is 25.1 Å². The van der Waals surface area contributed by atoms with Gasteiger partial charge in [0.05, 0.1) is 30.8 Å². The van der Waals surface area contributed by atoms with E-state index in [-0.39, 0.29) is 43.7 Å². The molecule has 2 aromatic rings. The summed E-state index contributed by atoms with van der Waals surface area (Å²) in [5, 5.41) is 20.5. The zero-order valence-corrected chi connectivity index (χ0v) is 21.0. The molecule has 1 aliphatic rings. The summed E-state index contributed by atoms with van der Waals surface area (Å²) in [4.78, 5) is 15.9. The first-order valence-electron chi connectivity index (χ1n) is 11.3. The molecule has 2 atom stereocenters. The van der Waals surface area contributed by atoms with Gasteiger partial charge in [0.25, 0.3) is 0 Å². The Morgan fingerprint density at radius 2 is 1.91 bits per heavy atom. The summed E-state index contributed by atoms with van der Waals surface area (Å²) in [7, 11) is -3.68. The summed E-state index contributed by atoms with van der Waals surface area (Å²) in [6.07, 6.45) is 2.16. The summed E-state index contributed by atoms with van der Waals surface area (Å²) < 4.78 is 45.3. The average molecular weight is 507 g/mol. The van der Waals surface area contributed by atoms with Gasteiger partial charge in [-0.2, -0.15) is 0 Å². The van der Waals surface area contributed by atoms with E-state index < -0.39 is 28.0 Å². The standard InChI is InChI=1S/C25H31FN2O6S/c1-15(2)24-21(10-9-19(30)12-20(31)11-16(3)29)23(17-5-7-18(26)8-6-17)22-13-34-14-28(25(22)27-24)35(4,32)33/h5-10,15,19-20,30-31H,11-14H2,1-4H3/b10-9+/t19-,20+/m1/s1. The second-order valence-corrected chi connectivity index (χ2v) is 11.0. The number of hydrogen-bond donors (Lipinski definition) is 2. The van der Waals surface area contributed by atoms with E-state index in [4.69, 9.17) is 9.72 Å². The molecule has 0 fully saturated rings. The van der Waals surface area contributed by atoms with Crippen molar-refractivity contribution in [1.29, 1.82) is 0 Å². The lowest BCUT2D eigenvalue weighted by Crippen LogP contribution is -2.37. The van der Waals surface area contributed by atoms with Crippen LogP contribution in [0, 0.1) is 5.82 Å². The van der Waals surface area contributed by atoms with Gasteiger partial charge in [-0.05, 0) is 36.1 Å². The maximum atomic E-state index is 13.7. The number of carbonyl (C=O) groups is 1. The molecule has 0 aliphatic carbocycles. The fourth-order valence-corrected chi connectivity index (χ4v) is 4.80. The van der Waals surface area contributed by atoms with Gasteiger partial charge >= 0.3 is 0 Å². The van der Waals surface area contributed by atoms with Crippen LogP contribution >= 0.6 is 0 Å². The number of aliphatic hydroxyl groups excluding tert-OH is 2. The van der Waals surface area contributed by atoms with Gasteiger partial charge in [0.2, 0.25) is 10.0 Å². The van der Waals surface area contributed by atoms with Crippen molar-refractivity contribution in [3.05, 3.63) is 53.0 Å². The molecule has 10 heteroatoms. The van der Waals surface area contributed by atoms with Crippen molar-refractivity contribution in [2.24, 2.45) is 0 Å². The molecule has 0 radical (unpaired) electrons. The summed E-state index contributed by atoms with van der Waals surface area (Å²) in [5.74, 6) is -0.453. The number of ether oxygens (including phenoxy) is 1. The number of nitrogens with zero attached hydrogens (tertiary/aromatic N) is 2. The predicted molar refractivity (Wildman–Crippen MR) is 132 cm³/mol. The Bertz CT molecular complexity index is 1210. The van der Waals surface area contributed by atoms with Crippen LogP contribution in [0.25, 0.3) is 17.2 Å². The van der Waals surface area contributed by atoms with Gasteiger partial charge in [0, 0.05) is 24.0 Å². The van der Waals surface area contributed by atoms with E-state index in [0.29, 0.717) is 27.9 Å². The molecule has 2 heterocycles. The van der Waals surface area contributed by atoms with Crippen LogP contribution in [0.4, 0.5) is 10.2 Å². The summed E-state index contributed by atoms with van der Waals surface area (Å²) in [6.45, 7) is 5.13. The van der Waals surface area contributed by atoms with Crippen LogP contribution in [0.1, 0.15) is 56.4 Å². The Morgan fingerprint density at radius 3 is 2.49 bits per heavy atom. The maximum Gasteiger partial charge on any atom is 0.235 e. The molecule has 0 saturated heterocycles. The molecular weight excluding hydrogens is 475 g/mol. The number of aromatic nitrogens is 1. The molecule has 0 spiro atoms. The topological polar surface area (TPSA) is 117 Å². The van der Waals surface area contributed by atoms with Crippen molar-refractivity contribution < 1.29 is 32.6 Å². The minimum absolute atomic E-state index is 0.0255. The van der Waals surface area contributed by atoms with Crippen LogP contribution in [0.2, 0.25) is 0 Å². The van der Waals surface area contributed by atoms with Crippen LogP contribution < -0.4 is 4.31 Å². The van der Waals surface area contributed by atoms with Gasteiger partial charge in [-0.25, -0.2) is 22.1 Å². The SMILES string of the molecule is CC(=O)C[C@H](O)C[C@H](O)/C=C/c1c(C(C)C)nc2c(c1-c1ccc(F)cc1)COCN2S(C)(=O)=O. The predicted octanol–water partition coefficient (Wildman–Crippen LogP) is 3.37. The third-order valence-corrected chi connectivity index (χ3v) is 6.72. The van der Waals surface area contributed by atoms with Crippen LogP contribution in [0.5, 0.6) is 0 Å². The molecule has 0 unspecified atom stereocenters. The van der Waals surface area contributed by atoms with Crippen LogP contribution in [0.3, 0.4) is 0 Å². The third-order valence-electron chi connectivity index (χ3n) is 5.64. The van der Waals surface area contributed by atoms with E-state index in [1.54, 1.807) is 18.2 Å². The fourth-order valence-electron chi connectivity index (χ4n) is 4.07. The summed E-state index contributed by atoms with van der Waals surface area (Å²) in [6, 6.07) is 5.82. The zero-order valence-electron chi connectivity index (χ0n) is 20.2. The zero-order chi connectivity index (χ0) is 25.9. The van der Waals surface area contributed by atoms with Crippen molar-refractivity contribution in [2.45, 2.75) is 58.3 Å². The first-order valence-corrected chi connectivity index (χ1v) is 13.1. The van der Waals surface area contributed by atoms with Crippen molar-refractivity contribution in [1.82, 2.24) is 4.98 Å². The Balaban J connectivity index is 2.20. The number of aliphatic hydroxyl groups is 2. The second-order valence-electron chi connectivity index (χ2n) is 9.06. The quantitative estimate of drug-likeness (QED) is 0.536. The van der Waals surface area contributed by atoms with Crippen molar-refractivity contribution in [3.63, 3.8) is 0 Å². The van der Waals surface area contributed by atoms with E-state index in [2.05, 4.69) is 0 Å². The minimum Gasteiger partial charge on any atom is -0.393 e. The van der Waals surface area contributed by atoms with E-state index in [9.17, 15) is 27.8 Å². The number of anilines is 1. The molecule has 0 amide bonds. The monoisotopic (exact) mass is 506 g/mol. The normalized spacial score (nSPS) is 15.9. The first-order chi connectivity index (χ1) is 16.4. The highest BCUT2D eigenvalue weighted by atomic mass is 32.2. The van der Waals surface area contributed by atoms with Gasteiger partial charge in [-0.15, -0.1) is 0 Å². The van der Waals surface area contributed by atoms with Gasteiger partial charge in [0.1, 0.15) is 18.3 Å². The Hall–Kier alpha value is -2.66. The number of benzene rings is 1. The molecular formula is C25H31FN2O6S.